The highest BCUT2D eigenvalue weighted by atomic mass is 32.1. The van der Waals surface area contributed by atoms with Crippen molar-refractivity contribution in [2.45, 2.75) is 6.42 Å². The molecule has 0 fully saturated rings. The van der Waals surface area contributed by atoms with Crippen molar-refractivity contribution in [3.05, 3.63) is 60.3 Å². The molecular formula is C13H17N3S. The molecule has 0 unspecified atom stereocenters. The lowest BCUT2D eigenvalue weighted by atomic mass is 10.1. The number of nitrogens with zero attached hydrogens (tertiary/aromatic N) is 2. The number of thiol groups is 1. The minimum atomic E-state index is 0.921. The summed E-state index contributed by atoms with van der Waals surface area (Å²) in [6, 6.07) is 0. The van der Waals surface area contributed by atoms with Gasteiger partial charge < -0.3 is 4.90 Å². The van der Waals surface area contributed by atoms with Crippen LogP contribution in [0.25, 0.3) is 0 Å². The maximum absolute atomic E-state index is 5.59. The van der Waals surface area contributed by atoms with Crippen molar-refractivity contribution in [2.75, 3.05) is 12.3 Å². The van der Waals surface area contributed by atoms with Crippen molar-refractivity contribution < 1.29 is 0 Å². The average Bonchev–Trinajstić information content (AvgIpc) is 2.38. The summed E-state index contributed by atoms with van der Waals surface area (Å²) in [6.07, 6.45) is 17.2. The summed E-state index contributed by atoms with van der Waals surface area (Å²) in [5, 5.41) is 1.54. The molecule has 2 N–H and O–H groups in total. The van der Waals surface area contributed by atoms with Crippen LogP contribution in [0, 0.1) is 0 Å². The summed E-state index contributed by atoms with van der Waals surface area (Å²) in [4.78, 5) is 2.17. The number of hydrogen-bond donors (Lipinski definition) is 2. The van der Waals surface area contributed by atoms with Crippen molar-refractivity contribution in [1.29, 1.82) is 0 Å². The zero-order valence-corrected chi connectivity index (χ0v) is 10.6. The summed E-state index contributed by atoms with van der Waals surface area (Å²) in [5.74, 6) is 6.51. The molecular weight excluding hydrogens is 230 g/mol. The molecule has 3 nitrogen and oxygen atoms in total. The zero-order chi connectivity index (χ0) is 12.1. The molecule has 0 bridgehead atoms. The predicted octanol–water partition coefficient (Wildman–Crippen LogP) is 2.16. The monoisotopic (exact) mass is 247 g/mol. The molecule has 0 aromatic carbocycles. The molecule has 0 radical (unpaired) electrons. The van der Waals surface area contributed by atoms with Gasteiger partial charge in [0.15, 0.2) is 0 Å². The number of allylic oxidation sites excluding steroid dienone is 6. The van der Waals surface area contributed by atoms with Crippen LogP contribution >= 0.6 is 12.6 Å². The van der Waals surface area contributed by atoms with E-state index >= 15 is 0 Å². The van der Waals surface area contributed by atoms with Gasteiger partial charge in [0.25, 0.3) is 0 Å². The first-order chi connectivity index (χ1) is 8.29. The van der Waals surface area contributed by atoms with E-state index in [0.717, 1.165) is 18.7 Å². The van der Waals surface area contributed by atoms with E-state index in [-0.39, 0.29) is 0 Å². The molecule has 2 aliphatic heterocycles. The highest BCUT2D eigenvalue weighted by Gasteiger charge is 2.04. The van der Waals surface area contributed by atoms with E-state index in [1.165, 1.54) is 11.1 Å². The highest BCUT2D eigenvalue weighted by molar-refractivity contribution is 7.80. The van der Waals surface area contributed by atoms with Crippen LogP contribution in [0.4, 0.5) is 0 Å². The normalized spacial score (nSPS) is 18.5. The van der Waals surface area contributed by atoms with Gasteiger partial charge in [0, 0.05) is 31.3 Å². The summed E-state index contributed by atoms with van der Waals surface area (Å²) in [6.45, 7) is 1.02. The summed E-state index contributed by atoms with van der Waals surface area (Å²) in [5.41, 5.74) is 2.38. The van der Waals surface area contributed by atoms with Gasteiger partial charge in [-0.3, -0.25) is 5.01 Å². The lowest BCUT2D eigenvalue weighted by Crippen LogP contribution is -2.19. The fourth-order valence-electron chi connectivity index (χ4n) is 1.68. The first-order valence-electron chi connectivity index (χ1n) is 5.66. The fourth-order valence-corrected chi connectivity index (χ4v) is 1.82. The van der Waals surface area contributed by atoms with Crippen molar-refractivity contribution in [2.24, 2.45) is 5.84 Å². The van der Waals surface area contributed by atoms with Gasteiger partial charge >= 0.3 is 0 Å². The minimum Gasteiger partial charge on any atom is -0.354 e. The van der Waals surface area contributed by atoms with Crippen molar-refractivity contribution in [3.8, 4) is 0 Å². The maximum Gasteiger partial charge on any atom is 0.0227 e. The molecule has 0 spiro atoms. The molecule has 0 saturated heterocycles. The summed E-state index contributed by atoms with van der Waals surface area (Å²) in [7, 11) is 0. The second-order valence-electron chi connectivity index (χ2n) is 3.94. The van der Waals surface area contributed by atoms with Crippen LogP contribution in [0.5, 0.6) is 0 Å². The van der Waals surface area contributed by atoms with Crippen LogP contribution in [-0.2, 0) is 0 Å². The quantitative estimate of drug-likeness (QED) is 0.592. The number of nitrogens with two attached hydrogens (primary N) is 1. The Bertz CT molecular complexity index is 386. The second-order valence-corrected chi connectivity index (χ2v) is 4.38. The molecule has 90 valence electrons. The van der Waals surface area contributed by atoms with Crippen LogP contribution in [0.15, 0.2) is 60.3 Å². The van der Waals surface area contributed by atoms with Crippen molar-refractivity contribution >= 4 is 12.6 Å². The van der Waals surface area contributed by atoms with E-state index in [9.17, 15) is 0 Å². The van der Waals surface area contributed by atoms with Gasteiger partial charge in [-0.25, -0.2) is 5.84 Å². The van der Waals surface area contributed by atoms with Crippen molar-refractivity contribution in [1.82, 2.24) is 9.91 Å². The Labute approximate surface area is 108 Å². The van der Waals surface area contributed by atoms with Crippen LogP contribution < -0.4 is 5.84 Å². The van der Waals surface area contributed by atoms with E-state index < -0.39 is 0 Å². The molecule has 0 saturated carbocycles. The standard InChI is InChI=1S/C13H17N3S/c14-16-9-4-13(5-10-16)12-2-7-15(8-3-12)6-1-11-17/h2-5,7-10,17H,1,6,11,14H2. The Morgan fingerprint density at radius 3 is 2.00 bits per heavy atom. The van der Waals surface area contributed by atoms with E-state index in [0.29, 0.717) is 0 Å². The Hall–Kier alpha value is -1.39. The molecule has 0 aromatic rings. The predicted molar refractivity (Wildman–Crippen MR) is 74.8 cm³/mol. The lowest BCUT2D eigenvalue weighted by molar-refractivity contribution is 0.500. The van der Waals surface area contributed by atoms with Crippen LogP contribution in [0.2, 0.25) is 0 Å². The third kappa shape index (κ3) is 3.28. The number of hydrazine groups is 1. The van der Waals surface area contributed by atoms with E-state index in [1.807, 2.05) is 24.6 Å². The summed E-state index contributed by atoms with van der Waals surface area (Å²) >= 11 is 4.21. The Balaban J connectivity index is 2.03. The molecule has 17 heavy (non-hydrogen) atoms. The molecule has 2 heterocycles. The van der Waals surface area contributed by atoms with Gasteiger partial charge in [-0.1, -0.05) is 0 Å². The average molecular weight is 247 g/mol. The van der Waals surface area contributed by atoms with Gasteiger partial charge in [0.05, 0.1) is 0 Å². The van der Waals surface area contributed by atoms with E-state index in [1.54, 1.807) is 5.01 Å². The topological polar surface area (TPSA) is 32.5 Å². The number of rotatable bonds is 3. The highest BCUT2D eigenvalue weighted by Crippen LogP contribution is 2.18. The summed E-state index contributed by atoms with van der Waals surface area (Å²) < 4.78 is 0. The third-order valence-corrected chi connectivity index (χ3v) is 2.97. The molecule has 0 atom stereocenters. The molecule has 0 aliphatic carbocycles. The van der Waals surface area contributed by atoms with Gasteiger partial charge in [0.2, 0.25) is 0 Å². The molecule has 0 amide bonds. The van der Waals surface area contributed by atoms with Gasteiger partial charge in [-0.15, -0.1) is 0 Å². The molecule has 4 heteroatoms. The second kappa shape index (κ2) is 5.80. The first-order valence-corrected chi connectivity index (χ1v) is 6.29. The van der Waals surface area contributed by atoms with Crippen molar-refractivity contribution in [3.63, 3.8) is 0 Å². The van der Waals surface area contributed by atoms with E-state index in [2.05, 4.69) is 42.1 Å². The lowest BCUT2D eigenvalue weighted by Gasteiger charge is -2.20. The largest absolute Gasteiger partial charge is 0.354 e. The van der Waals surface area contributed by atoms with Gasteiger partial charge in [0.1, 0.15) is 0 Å². The van der Waals surface area contributed by atoms with E-state index in [4.69, 9.17) is 5.84 Å². The molecule has 0 aromatic heterocycles. The SMILES string of the molecule is NN1C=CC(=C2C=CN(CCCS)C=C2)C=C1. The van der Waals surface area contributed by atoms with Crippen LogP contribution in [-0.4, -0.2) is 22.2 Å². The Morgan fingerprint density at radius 1 is 0.941 bits per heavy atom. The fraction of sp³-hybridized carbons (Fsp3) is 0.231. The van der Waals surface area contributed by atoms with Crippen LogP contribution in [0.1, 0.15) is 6.42 Å². The Kier molecular flexibility index (Phi) is 4.12. The first kappa shape index (κ1) is 12.1. The molecule has 2 aliphatic rings. The number of hydrogen-bond acceptors (Lipinski definition) is 4. The Morgan fingerprint density at radius 2 is 1.47 bits per heavy atom. The van der Waals surface area contributed by atoms with Crippen LogP contribution in [0.3, 0.4) is 0 Å². The smallest absolute Gasteiger partial charge is 0.0227 e. The zero-order valence-electron chi connectivity index (χ0n) is 9.66. The van der Waals surface area contributed by atoms with Gasteiger partial charge in [-0.05, 0) is 47.6 Å². The third-order valence-electron chi connectivity index (χ3n) is 2.65. The minimum absolute atomic E-state index is 0.921. The van der Waals surface area contributed by atoms with Gasteiger partial charge in [-0.2, -0.15) is 12.6 Å². The molecule has 2 rings (SSSR count). The maximum atomic E-state index is 5.59.